The molecule has 2 aromatic rings. The molecule has 2 atom stereocenters. The van der Waals surface area contributed by atoms with E-state index < -0.39 is 9.84 Å². The molecule has 0 saturated carbocycles. The second-order valence-corrected chi connectivity index (χ2v) is 9.98. The van der Waals surface area contributed by atoms with Gasteiger partial charge in [0.25, 0.3) is 5.91 Å². The normalized spacial score (nSPS) is 22.2. The van der Waals surface area contributed by atoms with Gasteiger partial charge in [0.15, 0.2) is 15.0 Å². The van der Waals surface area contributed by atoms with Gasteiger partial charge in [-0.25, -0.2) is 8.42 Å². The zero-order valence-electron chi connectivity index (χ0n) is 15.1. The lowest BCUT2D eigenvalue weighted by molar-refractivity contribution is 0.102. The standard InChI is InChI=1S/C19H19N3O4S2/c1-26-16-8-3-2-7-14(16)21-18(23)12-5-4-6-13(9-12)20-19-22-15-10-28(24,25)11-17(15)27-19/h2-9,15,17H,10-11H2,1H3,(H,20,22)(H,21,23)/t15-,17+/m1/s1. The number of amides is 1. The summed E-state index contributed by atoms with van der Waals surface area (Å²) in [6.45, 7) is 0. The van der Waals surface area contributed by atoms with Crippen molar-refractivity contribution in [2.45, 2.75) is 11.3 Å². The SMILES string of the molecule is COc1ccccc1NC(=O)c1cccc(NC2=N[C@@H]3CS(=O)(=O)C[C@@H]3S2)c1. The molecule has 2 aliphatic heterocycles. The van der Waals surface area contributed by atoms with Gasteiger partial charge in [-0.1, -0.05) is 30.0 Å². The lowest BCUT2D eigenvalue weighted by atomic mass is 10.2. The summed E-state index contributed by atoms with van der Waals surface area (Å²) in [6, 6.07) is 14.1. The predicted molar refractivity (Wildman–Crippen MR) is 112 cm³/mol. The first kappa shape index (κ1) is 18.8. The fourth-order valence-corrected chi connectivity index (χ4v) is 6.90. The Bertz CT molecular complexity index is 1050. The molecule has 0 bridgehead atoms. The number of carbonyl (C=O) groups excluding carboxylic acids is 1. The molecule has 2 aromatic carbocycles. The predicted octanol–water partition coefficient (Wildman–Crippen LogP) is 2.63. The summed E-state index contributed by atoms with van der Waals surface area (Å²) < 4.78 is 28.6. The van der Waals surface area contributed by atoms with Crippen LogP contribution in [0.2, 0.25) is 0 Å². The Labute approximate surface area is 167 Å². The Kier molecular flexibility index (Phi) is 5.03. The highest BCUT2D eigenvalue weighted by atomic mass is 32.2. The number of carbonyl (C=O) groups is 1. The summed E-state index contributed by atoms with van der Waals surface area (Å²) in [7, 11) is -1.42. The molecule has 9 heteroatoms. The number of benzene rings is 2. The summed E-state index contributed by atoms with van der Waals surface area (Å²) >= 11 is 1.44. The first-order chi connectivity index (χ1) is 13.4. The zero-order valence-corrected chi connectivity index (χ0v) is 16.7. The summed E-state index contributed by atoms with van der Waals surface area (Å²) in [6.07, 6.45) is 0. The van der Waals surface area contributed by atoms with Crippen molar-refractivity contribution in [2.75, 3.05) is 29.2 Å². The fourth-order valence-electron chi connectivity index (χ4n) is 3.22. The van der Waals surface area contributed by atoms with Crippen molar-refractivity contribution in [1.82, 2.24) is 0 Å². The van der Waals surface area contributed by atoms with Crippen LogP contribution < -0.4 is 15.4 Å². The Morgan fingerprint density at radius 2 is 2.00 bits per heavy atom. The third kappa shape index (κ3) is 4.00. The van der Waals surface area contributed by atoms with Crippen molar-refractivity contribution >= 4 is 44.0 Å². The fraction of sp³-hybridized carbons (Fsp3) is 0.263. The van der Waals surface area contributed by atoms with Crippen molar-refractivity contribution in [2.24, 2.45) is 4.99 Å². The molecular weight excluding hydrogens is 398 g/mol. The molecule has 1 saturated heterocycles. The molecule has 7 nitrogen and oxygen atoms in total. The number of ether oxygens (including phenoxy) is 1. The van der Waals surface area contributed by atoms with Crippen LogP contribution in [0.5, 0.6) is 5.75 Å². The van der Waals surface area contributed by atoms with Crippen LogP contribution in [-0.4, -0.2) is 49.4 Å². The van der Waals surface area contributed by atoms with Crippen molar-refractivity contribution in [1.29, 1.82) is 0 Å². The van der Waals surface area contributed by atoms with Gasteiger partial charge in [0.1, 0.15) is 5.75 Å². The molecular formula is C19H19N3O4S2. The number of fused-ring (bicyclic) bond motifs is 1. The van der Waals surface area contributed by atoms with Gasteiger partial charge in [0, 0.05) is 16.5 Å². The van der Waals surface area contributed by atoms with Crippen LogP contribution in [0.15, 0.2) is 53.5 Å². The number of aliphatic imine (C=N–C) groups is 1. The van der Waals surface area contributed by atoms with Gasteiger partial charge in [-0.05, 0) is 30.3 Å². The summed E-state index contributed by atoms with van der Waals surface area (Å²) in [5, 5.41) is 6.70. The molecule has 28 heavy (non-hydrogen) atoms. The molecule has 0 radical (unpaired) electrons. The lowest BCUT2D eigenvalue weighted by Gasteiger charge is -2.11. The van der Waals surface area contributed by atoms with Crippen molar-refractivity contribution in [3.8, 4) is 5.75 Å². The van der Waals surface area contributed by atoms with Crippen LogP contribution in [0.1, 0.15) is 10.4 Å². The average Bonchev–Trinajstić information content (AvgIpc) is 3.14. The highest BCUT2D eigenvalue weighted by Gasteiger charge is 2.42. The van der Waals surface area contributed by atoms with Crippen LogP contribution >= 0.6 is 11.8 Å². The van der Waals surface area contributed by atoms with Crippen molar-refractivity contribution in [3.63, 3.8) is 0 Å². The van der Waals surface area contributed by atoms with E-state index in [2.05, 4.69) is 15.6 Å². The highest BCUT2D eigenvalue weighted by Crippen LogP contribution is 2.34. The number of nitrogens with one attached hydrogen (secondary N) is 2. The maximum absolute atomic E-state index is 12.6. The third-order valence-electron chi connectivity index (χ3n) is 4.55. The van der Waals surface area contributed by atoms with E-state index in [4.69, 9.17) is 4.74 Å². The summed E-state index contributed by atoms with van der Waals surface area (Å²) in [4.78, 5) is 17.1. The molecule has 1 amide bonds. The van der Waals surface area contributed by atoms with Crippen LogP contribution in [0.25, 0.3) is 0 Å². The Morgan fingerprint density at radius 1 is 1.18 bits per heavy atom. The number of hydrogen-bond donors (Lipinski definition) is 2. The third-order valence-corrected chi connectivity index (χ3v) is 7.69. The minimum absolute atomic E-state index is 0.0236. The van der Waals surface area contributed by atoms with E-state index >= 15 is 0 Å². The minimum atomic E-state index is -2.97. The van der Waals surface area contributed by atoms with E-state index in [0.29, 0.717) is 22.2 Å². The van der Waals surface area contributed by atoms with Gasteiger partial charge in [-0.2, -0.15) is 0 Å². The zero-order chi connectivity index (χ0) is 19.7. The lowest BCUT2D eigenvalue weighted by Crippen LogP contribution is -2.14. The second-order valence-electron chi connectivity index (χ2n) is 6.60. The Hall–Kier alpha value is -2.52. The van der Waals surface area contributed by atoms with E-state index in [1.165, 1.54) is 11.8 Å². The molecule has 0 aliphatic carbocycles. The quantitative estimate of drug-likeness (QED) is 0.794. The minimum Gasteiger partial charge on any atom is -0.495 e. The molecule has 4 rings (SSSR count). The number of sulfone groups is 1. The number of methoxy groups -OCH3 is 1. The number of nitrogens with zero attached hydrogens (tertiary/aromatic N) is 1. The molecule has 2 heterocycles. The maximum atomic E-state index is 12.6. The first-order valence-electron chi connectivity index (χ1n) is 8.70. The van der Waals surface area contributed by atoms with Gasteiger partial charge < -0.3 is 15.4 Å². The monoisotopic (exact) mass is 417 g/mol. The van der Waals surface area contributed by atoms with Crippen LogP contribution in [0.3, 0.4) is 0 Å². The number of para-hydroxylation sites is 2. The van der Waals surface area contributed by atoms with Crippen molar-refractivity contribution < 1.29 is 17.9 Å². The van der Waals surface area contributed by atoms with Crippen LogP contribution in [0, 0.1) is 0 Å². The molecule has 2 N–H and O–H groups in total. The molecule has 146 valence electrons. The van der Waals surface area contributed by atoms with E-state index in [0.717, 1.165) is 5.69 Å². The largest absolute Gasteiger partial charge is 0.495 e. The van der Waals surface area contributed by atoms with Crippen LogP contribution in [0.4, 0.5) is 11.4 Å². The molecule has 0 aromatic heterocycles. The second kappa shape index (κ2) is 7.48. The summed E-state index contributed by atoms with van der Waals surface area (Å²) in [5.41, 5.74) is 1.81. The van der Waals surface area contributed by atoms with Gasteiger partial charge in [-0.15, -0.1) is 0 Å². The molecule has 0 unspecified atom stereocenters. The van der Waals surface area contributed by atoms with Gasteiger partial charge in [-0.3, -0.25) is 9.79 Å². The van der Waals surface area contributed by atoms with E-state index in [1.807, 2.05) is 18.2 Å². The number of thioether (sulfide) groups is 1. The van der Waals surface area contributed by atoms with Gasteiger partial charge in [0.05, 0.1) is 30.3 Å². The van der Waals surface area contributed by atoms with E-state index in [1.54, 1.807) is 37.4 Å². The Balaban J connectivity index is 1.46. The summed E-state index contributed by atoms with van der Waals surface area (Å²) in [5.74, 6) is 0.607. The van der Waals surface area contributed by atoms with Crippen LogP contribution in [-0.2, 0) is 9.84 Å². The maximum Gasteiger partial charge on any atom is 0.255 e. The molecule has 0 spiro atoms. The number of anilines is 2. The highest BCUT2D eigenvalue weighted by molar-refractivity contribution is 8.15. The van der Waals surface area contributed by atoms with E-state index in [9.17, 15) is 13.2 Å². The van der Waals surface area contributed by atoms with Crippen molar-refractivity contribution in [3.05, 3.63) is 54.1 Å². The molecule has 1 fully saturated rings. The average molecular weight is 418 g/mol. The number of hydrogen-bond acceptors (Lipinski definition) is 7. The first-order valence-corrected chi connectivity index (χ1v) is 11.4. The van der Waals surface area contributed by atoms with E-state index in [-0.39, 0.29) is 28.7 Å². The molecule has 2 aliphatic rings. The number of rotatable bonds is 4. The topological polar surface area (TPSA) is 96.9 Å². The van der Waals surface area contributed by atoms with Gasteiger partial charge in [0.2, 0.25) is 0 Å². The smallest absolute Gasteiger partial charge is 0.255 e. The number of amidine groups is 1. The Morgan fingerprint density at radius 3 is 2.79 bits per heavy atom. The van der Waals surface area contributed by atoms with Gasteiger partial charge >= 0.3 is 0 Å².